The maximum atomic E-state index is 13.2. The van der Waals surface area contributed by atoms with Crippen LogP contribution in [-0.2, 0) is 9.59 Å². The number of Topliss-reactive ketones (excluding diaryl/α,β-unsaturated/α-hetero) is 1. The summed E-state index contributed by atoms with van der Waals surface area (Å²) in [5, 5.41) is 26.0. The Balaban J connectivity index is 1.76. The zero-order chi connectivity index (χ0) is 27.1. The highest BCUT2D eigenvalue weighted by atomic mass is 35.5. The minimum atomic E-state index is -0.956. The third kappa shape index (κ3) is 7.24. The Kier molecular flexibility index (Phi) is 9.14. The van der Waals surface area contributed by atoms with Crippen LogP contribution in [0.25, 0.3) is 6.08 Å². The van der Waals surface area contributed by atoms with E-state index in [0.29, 0.717) is 5.02 Å². The first kappa shape index (κ1) is 27.5. The number of aromatic hydroxyl groups is 2. The normalized spacial score (nSPS) is 12.9. The summed E-state index contributed by atoms with van der Waals surface area (Å²) < 4.78 is 0. The van der Waals surface area contributed by atoms with Crippen molar-refractivity contribution < 1.29 is 24.6 Å². The molecule has 3 rings (SSSR count). The Morgan fingerprint density at radius 1 is 1.00 bits per heavy atom. The highest BCUT2D eigenvalue weighted by Gasteiger charge is 2.31. The molecule has 194 valence electrons. The maximum absolute atomic E-state index is 13.2. The number of aromatic nitrogens is 1. The fourth-order valence-corrected chi connectivity index (χ4v) is 4.11. The van der Waals surface area contributed by atoms with E-state index in [4.69, 9.17) is 11.6 Å². The predicted molar refractivity (Wildman–Crippen MR) is 142 cm³/mol. The first-order valence-electron chi connectivity index (χ1n) is 11.8. The summed E-state index contributed by atoms with van der Waals surface area (Å²) in [6, 6.07) is 14.5. The molecule has 0 unspecified atom stereocenters. The maximum Gasteiger partial charge on any atom is 0.244 e. The molecule has 1 heterocycles. The highest BCUT2D eigenvalue weighted by molar-refractivity contribution is 6.30. The Labute approximate surface area is 220 Å². The number of H-pyrrole nitrogens is 1. The first-order valence-corrected chi connectivity index (χ1v) is 12.2. The highest BCUT2D eigenvalue weighted by Crippen LogP contribution is 2.30. The number of aromatic amines is 1. The lowest BCUT2D eigenvalue weighted by molar-refractivity contribution is -0.123. The zero-order valence-electron chi connectivity index (χ0n) is 20.8. The number of hydrogen-bond donors (Lipinski definition) is 5. The summed E-state index contributed by atoms with van der Waals surface area (Å²) >= 11 is 5.99. The van der Waals surface area contributed by atoms with Crippen molar-refractivity contribution in [1.29, 1.82) is 0 Å². The van der Waals surface area contributed by atoms with Gasteiger partial charge in [0.15, 0.2) is 11.7 Å². The van der Waals surface area contributed by atoms with E-state index < -0.39 is 35.6 Å². The third-order valence-electron chi connectivity index (χ3n) is 5.90. The van der Waals surface area contributed by atoms with Crippen molar-refractivity contribution in [1.82, 2.24) is 15.6 Å². The molecule has 0 aliphatic heterocycles. The molecule has 0 spiro atoms. The van der Waals surface area contributed by atoms with Gasteiger partial charge in [0.1, 0.15) is 0 Å². The van der Waals surface area contributed by atoms with E-state index >= 15 is 0 Å². The summed E-state index contributed by atoms with van der Waals surface area (Å²) in [6.45, 7) is 5.02. The molecular formula is C28H30ClN3O5. The first-order chi connectivity index (χ1) is 17.6. The number of carbonyl (C=O) groups excluding carboxylic acids is 3. The minimum absolute atomic E-state index is 0.0736. The number of amides is 2. The molecule has 9 heteroatoms. The number of nitrogens with one attached hydrogen (secondary N) is 3. The van der Waals surface area contributed by atoms with E-state index in [9.17, 15) is 24.6 Å². The van der Waals surface area contributed by atoms with Gasteiger partial charge in [-0.25, -0.2) is 0 Å². The Hall–Kier alpha value is -4.04. The molecule has 3 aromatic rings. The van der Waals surface area contributed by atoms with Crippen molar-refractivity contribution in [3.05, 3.63) is 87.9 Å². The molecule has 37 heavy (non-hydrogen) atoms. The molecule has 2 aromatic carbocycles. The third-order valence-corrected chi connectivity index (χ3v) is 6.13. The molecule has 8 nitrogen and oxygen atoms in total. The van der Waals surface area contributed by atoms with Crippen LogP contribution in [-0.4, -0.2) is 38.8 Å². The number of benzene rings is 2. The second kappa shape index (κ2) is 12.3. The van der Waals surface area contributed by atoms with Gasteiger partial charge in [0.2, 0.25) is 17.7 Å². The van der Waals surface area contributed by atoms with Crippen LogP contribution < -0.4 is 10.6 Å². The van der Waals surface area contributed by atoms with Crippen LogP contribution in [0.2, 0.25) is 5.02 Å². The minimum Gasteiger partial charge on any atom is -0.494 e. The summed E-state index contributed by atoms with van der Waals surface area (Å²) in [5.41, 5.74) is 1.60. The van der Waals surface area contributed by atoms with E-state index in [1.54, 1.807) is 62.4 Å². The molecule has 0 saturated heterocycles. The van der Waals surface area contributed by atoms with Gasteiger partial charge in [-0.05, 0) is 42.2 Å². The van der Waals surface area contributed by atoms with Crippen molar-refractivity contribution in [2.75, 3.05) is 0 Å². The Morgan fingerprint density at radius 2 is 1.70 bits per heavy atom. The monoisotopic (exact) mass is 523 g/mol. The second-order valence-corrected chi connectivity index (χ2v) is 9.48. The number of rotatable bonds is 10. The molecule has 0 aliphatic rings. The van der Waals surface area contributed by atoms with Gasteiger partial charge in [0.25, 0.3) is 0 Å². The molecule has 2 atom stereocenters. The van der Waals surface area contributed by atoms with E-state index in [1.807, 2.05) is 12.1 Å². The van der Waals surface area contributed by atoms with Crippen LogP contribution in [0.1, 0.15) is 53.4 Å². The lowest BCUT2D eigenvalue weighted by atomic mass is 9.93. The van der Waals surface area contributed by atoms with Crippen molar-refractivity contribution in [2.24, 2.45) is 5.92 Å². The number of halogens is 1. The van der Waals surface area contributed by atoms with E-state index in [1.165, 1.54) is 13.0 Å². The van der Waals surface area contributed by atoms with E-state index in [2.05, 4.69) is 15.6 Å². The van der Waals surface area contributed by atoms with Crippen LogP contribution in [0.3, 0.4) is 0 Å². The van der Waals surface area contributed by atoms with E-state index in [0.717, 1.165) is 11.1 Å². The van der Waals surface area contributed by atoms with Gasteiger partial charge < -0.3 is 20.8 Å². The lowest BCUT2D eigenvalue weighted by Gasteiger charge is -2.24. The fraction of sp³-hybridized carbons (Fsp3) is 0.250. The molecule has 0 bridgehead atoms. The molecule has 0 aliphatic carbocycles. The summed E-state index contributed by atoms with van der Waals surface area (Å²) in [4.78, 5) is 41.3. The summed E-state index contributed by atoms with van der Waals surface area (Å²) in [5.74, 6) is -2.47. The summed E-state index contributed by atoms with van der Waals surface area (Å²) in [7, 11) is 0. The summed E-state index contributed by atoms with van der Waals surface area (Å²) in [6.07, 6.45) is 2.86. The molecule has 0 saturated carbocycles. The van der Waals surface area contributed by atoms with E-state index in [-0.39, 0.29) is 29.3 Å². The average molecular weight is 524 g/mol. The lowest BCUT2D eigenvalue weighted by Crippen LogP contribution is -2.45. The van der Waals surface area contributed by atoms with Crippen LogP contribution in [0.5, 0.6) is 11.8 Å². The smallest absolute Gasteiger partial charge is 0.244 e. The van der Waals surface area contributed by atoms with Gasteiger partial charge in [0.05, 0.1) is 24.1 Å². The van der Waals surface area contributed by atoms with Crippen LogP contribution in [0, 0.1) is 12.8 Å². The van der Waals surface area contributed by atoms with Gasteiger partial charge in [-0.2, -0.15) is 0 Å². The van der Waals surface area contributed by atoms with Gasteiger partial charge in [0, 0.05) is 16.7 Å². The average Bonchev–Trinajstić information content (AvgIpc) is 3.11. The number of carbonyl (C=O) groups is 3. The van der Waals surface area contributed by atoms with Gasteiger partial charge >= 0.3 is 0 Å². The van der Waals surface area contributed by atoms with Gasteiger partial charge in [-0.1, -0.05) is 67.9 Å². The van der Waals surface area contributed by atoms with Gasteiger partial charge in [-0.15, -0.1) is 0 Å². The Bertz CT molecular complexity index is 1300. The molecular weight excluding hydrogens is 494 g/mol. The van der Waals surface area contributed by atoms with Crippen molar-refractivity contribution in [3.63, 3.8) is 0 Å². The van der Waals surface area contributed by atoms with Crippen LogP contribution in [0.4, 0.5) is 0 Å². The number of ketones is 1. The van der Waals surface area contributed by atoms with Gasteiger partial charge in [-0.3, -0.25) is 19.4 Å². The standard InChI is InChI=1S/C28H30ClN3O5/c1-16(2)25(26(35)24-17(3)27(36)32-28(24)37)31-23(34)15-21(19-9-5-4-6-10-19)30-22(33)13-12-18-8-7-11-20(29)14-18/h4-14,16,21,25,32,36-37H,15H2,1-3H3,(H,30,33)(H,31,34)/t21-,25-/m0/s1. The SMILES string of the molecule is Cc1c(O)[nH]c(O)c1C(=O)[C@@H](NC(=O)C[C@H](NC(=O)C=Cc1cccc(Cl)c1)c1ccccc1)C(C)C. The van der Waals surface area contributed by atoms with Crippen molar-refractivity contribution in [2.45, 2.75) is 39.3 Å². The molecule has 1 aromatic heterocycles. The predicted octanol–water partition coefficient (Wildman–Crippen LogP) is 4.67. The Morgan fingerprint density at radius 3 is 2.30 bits per heavy atom. The quantitative estimate of drug-likeness (QED) is 0.194. The van der Waals surface area contributed by atoms with Crippen LogP contribution >= 0.6 is 11.6 Å². The molecule has 2 amide bonds. The fourth-order valence-electron chi connectivity index (χ4n) is 3.91. The second-order valence-electron chi connectivity index (χ2n) is 9.04. The molecule has 0 fully saturated rings. The van der Waals surface area contributed by atoms with Crippen LogP contribution in [0.15, 0.2) is 60.7 Å². The number of hydrogen-bond acceptors (Lipinski definition) is 5. The topological polar surface area (TPSA) is 132 Å². The molecule has 0 radical (unpaired) electrons. The van der Waals surface area contributed by atoms with Crippen molar-refractivity contribution >= 4 is 35.3 Å². The largest absolute Gasteiger partial charge is 0.494 e. The molecule has 5 N–H and O–H groups in total. The van der Waals surface area contributed by atoms with Crippen molar-refractivity contribution in [3.8, 4) is 11.8 Å². The zero-order valence-corrected chi connectivity index (χ0v) is 21.5.